The molecule has 1 saturated heterocycles. The third-order valence-corrected chi connectivity index (χ3v) is 5.49. The van der Waals surface area contributed by atoms with Crippen LogP contribution in [0, 0.1) is 19.8 Å². The zero-order valence-corrected chi connectivity index (χ0v) is 13.7. The van der Waals surface area contributed by atoms with Crippen molar-refractivity contribution in [2.24, 2.45) is 5.92 Å². The number of hydrogen-bond acceptors (Lipinski definition) is 4. The second kappa shape index (κ2) is 6.87. The van der Waals surface area contributed by atoms with Crippen molar-refractivity contribution in [2.75, 3.05) is 26.8 Å². The summed E-state index contributed by atoms with van der Waals surface area (Å²) in [5, 5.41) is 3.05. The van der Waals surface area contributed by atoms with Gasteiger partial charge >= 0.3 is 0 Å². The first-order valence-electron chi connectivity index (χ1n) is 7.26. The quantitative estimate of drug-likeness (QED) is 0.832. The van der Waals surface area contributed by atoms with E-state index in [2.05, 4.69) is 10.0 Å². The van der Waals surface area contributed by atoms with Crippen LogP contribution in [0.15, 0.2) is 17.0 Å². The van der Waals surface area contributed by atoms with E-state index in [1.807, 2.05) is 27.0 Å². The molecule has 118 valence electrons. The van der Waals surface area contributed by atoms with E-state index in [0.29, 0.717) is 24.6 Å². The molecule has 1 fully saturated rings. The monoisotopic (exact) mass is 312 g/mol. The first-order valence-corrected chi connectivity index (χ1v) is 8.74. The summed E-state index contributed by atoms with van der Waals surface area (Å²) in [6, 6.07) is 3.78. The highest BCUT2D eigenvalue weighted by molar-refractivity contribution is 7.89. The van der Waals surface area contributed by atoms with Crippen LogP contribution in [0.1, 0.15) is 23.1 Å². The van der Waals surface area contributed by atoms with Crippen LogP contribution in [0.4, 0.5) is 0 Å². The van der Waals surface area contributed by atoms with Gasteiger partial charge < -0.3 is 10.1 Å². The highest BCUT2D eigenvalue weighted by atomic mass is 32.2. The summed E-state index contributed by atoms with van der Waals surface area (Å²) in [5.41, 5.74) is 2.78. The molecule has 0 radical (unpaired) electrons. The summed E-state index contributed by atoms with van der Waals surface area (Å²) in [6.45, 7) is 6.25. The summed E-state index contributed by atoms with van der Waals surface area (Å²) in [5.74, 6) is 0.279. The lowest BCUT2D eigenvalue weighted by Gasteiger charge is -2.15. The Labute approximate surface area is 127 Å². The van der Waals surface area contributed by atoms with E-state index in [1.54, 1.807) is 6.07 Å². The maximum absolute atomic E-state index is 12.5. The highest BCUT2D eigenvalue weighted by Gasteiger charge is 2.22. The van der Waals surface area contributed by atoms with Crippen LogP contribution in [0.2, 0.25) is 0 Å². The molecule has 0 spiro atoms. The van der Waals surface area contributed by atoms with Crippen LogP contribution in [0.3, 0.4) is 0 Å². The number of hydrogen-bond donors (Lipinski definition) is 2. The summed E-state index contributed by atoms with van der Waals surface area (Å²) >= 11 is 0. The molecular formula is C15H24N2O3S. The Morgan fingerprint density at radius 3 is 2.71 bits per heavy atom. The van der Waals surface area contributed by atoms with Gasteiger partial charge in [-0.25, -0.2) is 13.1 Å². The number of ether oxygens (including phenoxy) is 1. The Morgan fingerprint density at radius 2 is 2.10 bits per heavy atom. The number of benzene rings is 1. The molecule has 1 aliphatic rings. The molecule has 1 atom stereocenters. The van der Waals surface area contributed by atoms with E-state index in [0.717, 1.165) is 29.7 Å². The fourth-order valence-corrected chi connectivity index (χ4v) is 4.02. The highest BCUT2D eigenvalue weighted by Crippen LogP contribution is 2.22. The smallest absolute Gasteiger partial charge is 0.240 e. The molecule has 1 aliphatic heterocycles. The summed E-state index contributed by atoms with van der Waals surface area (Å²) in [4.78, 5) is 0.381. The normalized spacial score (nSPS) is 19.1. The molecule has 21 heavy (non-hydrogen) atoms. The fourth-order valence-electron chi connectivity index (χ4n) is 2.53. The molecule has 1 aromatic rings. The van der Waals surface area contributed by atoms with E-state index in [9.17, 15) is 8.42 Å². The molecule has 0 bridgehead atoms. The van der Waals surface area contributed by atoms with Gasteiger partial charge in [0.2, 0.25) is 10.0 Å². The molecule has 1 heterocycles. The average molecular weight is 312 g/mol. The van der Waals surface area contributed by atoms with Gasteiger partial charge in [0.15, 0.2) is 0 Å². The van der Waals surface area contributed by atoms with Crippen molar-refractivity contribution in [2.45, 2.75) is 31.7 Å². The van der Waals surface area contributed by atoms with E-state index >= 15 is 0 Å². The Morgan fingerprint density at radius 1 is 1.33 bits per heavy atom. The molecule has 0 amide bonds. The van der Waals surface area contributed by atoms with Crippen molar-refractivity contribution in [1.82, 2.24) is 10.0 Å². The van der Waals surface area contributed by atoms with Crippen LogP contribution >= 0.6 is 0 Å². The van der Waals surface area contributed by atoms with Crippen molar-refractivity contribution in [1.29, 1.82) is 0 Å². The van der Waals surface area contributed by atoms with Gasteiger partial charge in [-0.3, -0.25) is 0 Å². The lowest BCUT2D eigenvalue weighted by Crippen LogP contribution is -2.30. The summed E-state index contributed by atoms with van der Waals surface area (Å²) < 4.78 is 33.1. The Balaban J connectivity index is 2.21. The van der Waals surface area contributed by atoms with Gasteiger partial charge in [0.25, 0.3) is 0 Å². The molecule has 1 aromatic carbocycles. The second-order valence-electron chi connectivity index (χ2n) is 5.65. The fraction of sp³-hybridized carbons (Fsp3) is 0.600. The summed E-state index contributed by atoms with van der Waals surface area (Å²) in [7, 11) is -1.63. The van der Waals surface area contributed by atoms with E-state index in [1.165, 1.54) is 0 Å². The number of nitrogens with one attached hydrogen (secondary N) is 2. The largest absolute Gasteiger partial charge is 0.381 e. The van der Waals surface area contributed by atoms with Crippen molar-refractivity contribution in [3.8, 4) is 0 Å². The molecule has 0 saturated carbocycles. The first kappa shape index (κ1) is 16.4. The first-order chi connectivity index (χ1) is 9.94. The maximum atomic E-state index is 12.5. The molecule has 0 aromatic heterocycles. The number of aryl methyl sites for hydroxylation is 1. The minimum Gasteiger partial charge on any atom is -0.381 e. The topological polar surface area (TPSA) is 67.4 Å². The second-order valence-corrected chi connectivity index (χ2v) is 7.38. The van der Waals surface area contributed by atoms with E-state index < -0.39 is 10.0 Å². The van der Waals surface area contributed by atoms with Gasteiger partial charge in [-0.05, 0) is 56.0 Å². The van der Waals surface area contributed by atoms with Gasteiger partial charge in [-0.1, -0.05) is 6.07 Å². The Kier molecular flexibility index (Phi) is 5.37. The van der Waals surface area contributed by atoms with Crippen molar-refractivity contribution in [3.63, 3.8) is 0 Å². The van der Waals surface area contributed by atoms with Crippen LogP contribution in [0.25, 0.3) is 0 Å². The van der Waals surface area contributed by atoms with E-state index in [-0.39, 0.29) is 5.92 Å². The van der Waals surface area contributed by atoms with Gasteiger partial charge in [0.1, 0.15) is 0 Å². The Bertz CT molecular complexity index is 593. The average Bonchev–Trinajstić information content (AvgIpc) is 2.94. The predicted molar refractivity (Wildman–Crippen MR) is 82.8 cm³/mol. The minimum absolute atomic E-state index is 0.279. The third-order valence-electron chi connectivity index (χ3n) is 3.94. The van der Waals surface area contributed by atoms with Crippen molar-refractivity contribution >= 4 is 10.0 Å². The number of sulfonamides is 1. The van der Waals surface area contributed by atoms with E-state index in [4.69, 9.17) is 4.74 Å². The van der Waals surface area contributed by atoms with Gasteiger partial charge in [0, 0.05) is 19.7 Å². The van der Waals surface area contributed by atoms with Gasteiger partial charge in [-0.15, -0.1) is 0 Å². The van der Waals surface area contributed by atoms with Crippen molar-refractivity contribution < 1.29 is 13.2 Å². The standard InChI is InChI=1S/C15H24N2O3S/c1-11-6-14(8-16-3)7-15(12(11)2)21(18,19)17-9-13-4-5-20-10-13/h6-7,13,16-17H,4-5,8-10H2,1-3H3. The Hall–Kier alpha value is -0.950. The SMILES string of the molecule is CNCc1cc(C)c(C)c(S(=O)(=O)NCC2CCOC2)c1. The molecule has 2 rings (SSSR count). The molecular weight excluding hydrogens is 288 g/mol. The summed E-state index contributed by atoms with van der Waals surface area (Å²) in [6.07, 6.45) is 0.917. The molecule has 0 aliphatic carbocycles. The zero-order valence-electron chi connectivity index (χ0n) is 12.9. The van der Waals surface area contributed by atoms with Crippen LogP contribution in [-0.4, -0.2) is 35.2 Å². The molecule has 5 nitrogen and oxygen atoms in total. The number of rotatable bonds is 6. The van der Waals surface area contributed by atoms with Crippen LogP contribution in [0.5, 0.6) is 0 Å². The lowest BCUT2D eigenvalue weighted by molar-refractivity contribution is 0.186. The molecule has 2 N–H and O–H groups in total. The minimum atomic E-state index is -3.48. The van der Waals surface area contributed by atoms with Crippen LogP contribution < -0.4 is 10.0 Å². The van der Waals surface area contributed by atoms with Gasteiger partial charge in [-0.2, -0.15) is 0 Å². The maximum Gasteiger partial charge on any atom is 0.240 e. The van der Waals surface area contributed by atoms with Crippen molar-refractivity contribution in [3.05, 3.63) is 28.8 Å². The van der Waals surface area contributed by atoms with Crippen LogP contribution in [-0.2, 0) is 21.3 Å². The third kappa shape index (κ3) is 4.03. The molecule has 6 heteroatoms. The lowest BCUT2D eigenvalue weighted by atomic mass is 10.1. The molecule has 1 unspecified atom stereocenters. The van der Waals surface area contributed by atoms with Gasteiger partial charge in [0.05, 0.1) is 11.5 Å². The predicted octanol–water partition coefficient (Wildman–Crippen LogP) is 1.34. The zero-order chi connectivity index (χ0) is 15.5.